The molecule has 0 aliphatic rings. The van der Waals surface area contributed by atoms with Crippen LogP contribution in [0.1, 0.15) is 38.7 Å². The zero-order valence-corrected chi connectivity index (χ0v) is 13.3. The monoisotopic (exact) mass is 288 g/mol. The Labute approximate surface area is 128 Å². The topological polar surface area (TPSA) is 37.2 Å². The summed E-state index contributed by atoms with van der Waals surface area (Å²) in [5.74, 6) is 0.678. The lowest BCUT2D eigenvalue weighted by Crippen LogP contribution is -2.18. The minimum atomic E-state index is 0.302. The predicted molar refractivity (Wildman–Crippen MR) is 89.4 cm³/mol. The molecule has 116 valence electrons. The number of aliphatic hydroxyl groups is 1. The summed E-state index contributed by atoms with van der Waals surface area (Å²) in [6, 6.07) is 8.64. The van der Waals surface area contributed by atoms with E-state index in [0.717, 1.165) is 38.9 Å². The van der Waals surface area contributed by atoms with Gasteiger partial charge in [-0.15, -0.1) is 0 Å². The van der Waals surface area contributed by atoms with Gasteiger partial charge in [0.25, 0.3) is 0 Å². The van der Waals surface area contributed by atoms with Gasteiger partial charge in [0.1, 0.15) is 0 Å². The first-order chi connectivity index (χ1) is 10.2. The second-order valence-electron chi connectivity index (χ2n) is 6.17. The smallest absolute Gasteiger partial charge is 0.0483 e. The molecule has 0 unspecified atom stereocenters. The molecule has 0 aliphatic heterocycles. The molecule has 3 nitrogen and oxygen atoms in total. The van der Waals surface area contributed by atoms with Gasteiger partial charge in [0, 0.05) is 36.8 Å². The van der Waals surface area contributed by atoms with Crippen LogP contribution < -0.4 is 5.32 Å². The summed E-state index contributed by atoms with van der Waals surface area (Å²) in [5, 5.41) is 13.8. The Balaban J connectivity index is 2.06. The van der Waals surface area contributed by atoms with Crippen LogP contribution in [-0.4, -0.2) is 22.8 Å². The van der Waals surface area contributed by atoms with Crippen molar-refractivity contribution in [3.05, 3.63) is 36.0 Å². The third-order valence-electron chi connectivity index (χ3n) is 3.80. The molecule has 0 amide bonds. The summed E-state index contributed by atoms with van der Waals surface area (Å²) >= 11 is 0. The Morgan fingerprint density at radius 2 is 1.95 bits per heavy atom. The van der Waals surface area contributed by atoms with Crippen molar-refractivity contribution in [2.45, 2.75) is 46.2 Å². The highest BCUT2D eigenvalue weighted by atomic mass is 16.2. The van der Waals surface area contributed by atoms with Crippen molar-refractivity contribution in [2.75, 3.05) is 13.2 Å². The lowest BCUT2D eigenvalue weighted by molar-refractivity contribution is 0.282. The van der Waals surface area contributed by atoms with Crippen molar-refractivity contribution in [2.24, 2.45) is 5.92 Å². The first-order valence-electron chi connectivity index (χ1n) is 8.10. The average molecular weight is 288 g/mol. The number of hydrogen-bond acceptors (Lipinski definition) is 2. The number of hydrogen-bond donors (Lipinski definition) is 2. The van der Waals surface area contributed by atoms with E-state index in [0.29, 0.717) is 12.5 Å². The number of aryl methyl sites for hydroxylation is 1. The number of nitrogens with zero attached hydrogens (tertiary/aromatic N) is 1. The summed E-state index contributed by atoms with van der Waals surface area (Å²) in [5.41, 5.74) is 2.70. The quantitative estimate of drug-likeness (QED) is 0.692. The van der Waals surface area contributed by atoms with E-state index in [4.69, 9.17) is 5.11 Å². The van der Waals surface area contributed by atoms with E-state index in [2.05, 4.69) is 54.2 Å². The Morgan fingerprint density at radius 1 is 1.14 bits per heavy atom. The minimum absolute atomic E-state index is 0.302. The molecule has 0 saturated carbocycles. The zero-order valence-electron chi connectivity index (χ0n) is 13.3. The van der Waals surface area contributed by atoms with Crippen LogP contribution in [0.3, 0.4) is 0 Å². The molecule has 2 N–H and O–H groups in total. The SMILES string of the molecule is CC(C)CNCc1cn(CCCCCO)c2ccccc12. The van der Waals surface area contributed by atoms with Gasteiger partial charge in [-0.2, -0.15) is 0 Å². The lowest BCUT2D eigenvalue weighted by Gasteiger charge is -2.06. The number of fused-ring (bicyclic) bond motifs is 1. The molecule has 1 aromatic heterocycles. The molecule has 0 saturated heterocycles. The number of aliphatic hydroxyl groups excluding tert-OH is 1. The number of aromatic nitrogens is 1. The molecule has 2 rings (SSSR count). The largest absolute Gasteiger partial charge is 0.396 e. The molecule has 1 heterocycles. The van der Waals surface area contributed by atoms with Crippen LogP contribution in [0.5, 0.6) is 0 Å². The van der Waals surface area contributed by atoms with Gasteiger partial charge in [0.2, 0.25) is 0 Å². The molecule has 21 heavy (non-hydrogen) atoms. The number of para-hydroxylation sites is 1. The normalized spacial score (nSPS) is 11.6. The Morgan fingerprint density at radius 3 is 2.71 bits per heavy atom. The van der Waals surface area contributed by atoms with Gasteiger partial charge in [-0.05, 0) is 43.4 Å². The molecule has 1 aromatic carbocycles. The number of nitrogens with one attached hydrogen (secondary N) is 1. The van der Waals surface area contributed by atoms with Crippen molar-refractivity contribution in [3.8, 4) is 0 Å². The third kappa shape index (κ3) is 4.58. The summed E-state index contributed by atoms with van der Waals surface area (Å²) in [4.78, 5) is 0. The summed E-state index contributed by atoms with van der Waals surface area (Å²) < 4.78 is 2.36. The fourth-order valence-electron chi connectivity index (χ4n) is 2.71. The fourth-order valence-corrected chi connectivity index (χ4v) is 2.71. The van der Waals surface area contributed by atoms with E-state index in [1.54, 1.807) is 0 Å². The Bertz CT molecular complexity index is 545. The van der Waals surface area contributed by atoms with Crippen molar-refractivity contribution in [1.29, 1.82) is 0 Å². The summed E-state index contributed by atoms with van der Waals surface area (Å²) in [6.45, 7) is 7.79. The average Bonchev–Trinajstić information content (AvgIpc) is 2.82. The molecule has 0 fully saturated rings. The van der Waals surface area contributed by atoms with Gasteiger partial charge in [-0.1, -0.05) is 32.0 Å². The van der Waals surface area contributed by atoms with Crippen LogP contribution in [0.2, 0.25) is 0 Å². The molecular weight excluding hydrogens is 260 g/mol. The van der Waals surface area contributed by atoms with Crippen molar-refractivity contribution >= 4 is 10.9 Å². The highest BCUT2D eigenvalue weighted by Crippen LogP contribution is 2.22. The Hall–Kier alpha value is -1.32. The van der Waals surface area contributed by atoms with Crippen LogP contribution in [0.15, 0.2) is 30.5 Å². The molecular formula is C18H28N2O. The third-order valence-corrected chi connectivity index (χ3v) is 3.80. The minimum Gasteiger partial charge on any atom is -0.396 e. The highest BCUT2D eigenvalue weighted by molar-refractivity contribution is 5.83. The van der Waals surface area contributed by atoms with Gasteiger partial charge in [-0.3, -0.25) is 0 Å². The van der Waals surface area contributed by atoms with Gasteiger partial charge in [0.15, 0.2) is 0 Å². The number of benzene rings is 1. The van der Waals surface area contributed by atoms with E-state index >= 15 is 0 Å². The second-order valence-corrected chi connectivity index (χ2v) is 6.17. The highest BCUT2D eigenvalue weighted by Gasteiger charge is 2.07. The second kappa shape index (κ2) is 8.20. The molecule has 0 spiro atoms. The first kappa shape index (κ1) is 16.1. The van der Waals surface area contributed by atoms with Crippen LogP contribution in [-0.2, 0) is 13.1 Å². The van der Waals surface area contributed by atoms with Gasteiger partial charge in [-0.25, -0.2) is 0 Å². The first-order valence-corrected chi connectivity index (χ1v) is 8.10. The maximum absolute atomic E-state index is 8.87. The van der Waals surface area contributed by atoms with Crippen LogP contribution in [0.4, 0.5) is 0 Å². The van der Waals surface area contributed by atoms with E-state index in [9.17, 15) is 0 Å². The Kier molecular flexibility index (Phi) is 6.27. The van der Waals surface area contributed by atoms with Crippen LogP contribution >= 0.6 is 0 Å². The molecule has 2 aromatic rings. The molecule has 0 atom stereocenters. The maximum Gasteiger partial charge on any atom is 0.0483 e. The van der Waals surface area contributed by atoms with Crippen LogP contribution in [0, 0.1) is 5.92 Å². The molecule has 0 radical (unpaired) electrons. The van der Waals surface area contributed by atoms with Crippen molar-refractivity contribution in [3.63, 3.8) is 0 Å². The molecule has 0 bridgehead atoms. The van der Waals surface area contributed by atoms with Gasteiger partial charge >= 0.3 is 0 Å². The predicted octanol–water partition coefficient (Wildman–Crippen LogP) is 3.55. The molecule has 0 aliphatic carbocycles. The summed E-state index contributed by atoms with van der Waals surface area (Å²) in [6.07, 6.45) is 5.40. The molecule has 3 heteroatoms. The lowest BCUT2D eigenvalue weighted by atomic mass is 10.1. The standard InChI is InChI=1S/C18H28N2O/c1-15(2)12-19-13-16-14-20(10-6-3-7-11-21)18-9-5-4-8-17(16)18/h4-5,8-9,14-15,19,21H,3,6-7,10-13H2,1-2H3. The zero-order chi connectivity index (χ0) is 15.1. The summed E-state index contributed by atoms with van der Waals surface area (Å²) in [7, 11) is 0. The number of rotatable bonds is 9. The van der Waals surface area contributed by atoms with Gasteiger partial charge in [0.05, 0.1) is 0 Å². The van der Waals surface area contributed by atoms with Crippen molar-refractivity contribution < 1.29 is 5.11 Å². The maximum atomic E-state index is 8.87. The van der Waals surface area contributed by atoms with E-state index < -0.39 is 0 Å². The number of unbranched alkanes of at least 4 members (excludes halogenated alkanes) is 2. The fraction of sp³-hybridized carbons (Fsp3) is 0.556. The van der Waals surface area contributed by atoms with Crippen molar-refractivity contribution in [1.82, 2.24) is 9.88 Å². The van der Waals surface area contributed by atoms with E-state index in [1.807, 2.05) is 0 Å². The van der Waals surface area contributed by atoms with Crippen LogP contribution in [0.25, 0.3) is 10.9 Å². The van der Waals surface area contributed by atoms with E-state index in [1.165, 1.54) is 16.5 Å². The van der Waals surface area contributed by atoms with E-state index in [-0.39, 0.29) is 0 Å². The van der Waals surface area contributed by atoms with Gasteiger partial charge < -0.3 is 15.0 Å².